The van der Waals surface area contributed by atoms with Gasteiger partial charge in [0.15, 0.2) is 0 Å². The molecule has 2 rings (SSSR count). The number of ether oxygens (including phenoxy) is 1. The normalized spacial score (nSPS) is 19.2. The van der Waals surface area contributed by atoms with Crippen LogP contribution in [0.3, 0.4) is 0 Å². The minimum atomic E-state index is -0.345. The van der Waals surface area contributed by atoms with Crippen LogP contribution >= 0.6 is 0 Å². The van der Waals surface area contributed by atoms with Crippen molar-refractivity contribution < 1.29 is 9.53 Å². The minimum Gasteiger partial charge on any atom is -0.447 e. The molecule has 1 atom stereocenters. The van der Waals surface area contributed by atoms with Gasteiger partial charge < -0.3 is 15.0 Å². The number of alkyl carbamates (subject to hydrolysis) is 1. The van der Waals surface area contributed by atoms with Crippen LogP contribution in [0.25, 0.3) is 6.08 Å². The highest BCUT2D eigenvalue weighted by molar-refractivity contribution is 5.70. The van der Waals surface area contributed by atoms with E-state index in [-0.39, 0.29) is 12.1 Å². The molecule has 1 N–H and O–H groups in total. The molecule has 1 fully saturated rings. The van der Waals surface area contributed by atoms with Gasteiger partial charge in [0.1, 0.15) is 6.61 Å². The molecular weight excluding hydrogens is 216 g/mol. The molecule has 4 heteroatoms. The van der Waals surface area contributed by atoms with Crippen molar-refractivity contribution in [3.8, 4) is 0 Å². The fourth-order valence-electron chi connectivity index (χ4n) is 1.61. The molecule has 1 aliphatic heterocycles. The molecule has 1 aromatic rings. The molecule has 1 amide bonds. The topological polar surface area (TPSA) is 41.6 Å². The van der Waals surface area contributed by atoms with Gasteiger partial charge in [-0.1, -0.05) is 24.3 Å². The summed E-state index contributed by atoms with van der Waals surface area (Å²) in [5.41, 5.74) is 2.27. The summed E-state index contributed by atoms with van der Waals surface area (Å²) in [6.45, 7) is 0.408. The van der Waals surface area contributed by atoms with Crippen molar-refractivity contribution in [2.45, 2.75) is 6.04 Å². The second kappa shape index (κ2) is 4.91. The Morgan fingerprint density at radius 2 is 2.06 bits per heavy atom. The molecule has 0 saturated carbocycles. The molecule has 1 unspecified atom stereocenters. The lowest BCUT2D eigenvalue weighted by Crippen LogP contribution is -2.23. The number of anilines is 1. The first-order valence-corrected chi connectivity index (χ1v) is 5.54. The molecule has 0 spiro atoms. The number of nitrogens with one attached hydrogen (secondary N) is 1. The summed E-state index contributed by atoms with van der Waals surface area (Å²) in [5.74, 6) is 0. The molecule has 0 bridgehead atoms. The number of rotatable bonds is 3. The largest absolute Gasteiger partial charge is 0.447 e. The zero-order valence-corrected chi connectivity index (χ0v) is 10.0. The van der Waals surface area contributed by atoms with Crippen LogP contribution in [-0.4, -0.2) is 32.8 Å². The van der Waals surface area contributed by atoms with Gasteiger partial charge >= 0.3 is 6.09 Å². The molecule has 0 aliphatic carbocycles. The molecule has 1 saturated heterocycles. The van der Waals surface area contributed by atoms with E-state index in [1.165, 1.54) is 5.69 Å². The quantitative estimate of drug-likeness (QED) is 0.865. The van der Waals surface area contributed by atoms with Crippen LogP contribution in [0.1, 0.15) is 5.56 Å². The van der Waals surface area contributed by atoms with Crippen LogP contribution in [0.15, 0.2) is 30.3 Å². The van der Waals surface area contributed by atoms with Gasteiger partial charge in [0.25, 0.3) is 0 Å². The average Bonchev–Trinajstić information content (AvgIpc) is 2.73. The first kappa shape index (κ1) is 11.5. The van der Waals surface area contributed by atoms with Crippen molar-refractivity contribution in [2.75, 3.05) is 25.6 Å². The maximum absolute atomic E-state index is 10.8. The van der Waals surface area contributed by atoms with Gasteiger partial charge in [0, 0.05) is 19.8 Å². The number of amides is 1. The average molecular weight is 232 g/mol. The highest BCUT2D eigenvalue weighted by Crippen LogP contribution is 2.13. The third-order valence-corrected chi connectivity index (χ3v) is 2.63. The first-order valence-electron chi connectivity index (χ1n) is 5.54. The van der Waals surface area contributed by atoms with Gasteiger partial charge in [-0.05, 0) is 17.7 Å². The highest BCUT2D eigenvalue weighted by atomic mass is 16.6. The number of benzene rings is 1. The summed E-state index contributed by atoms with van der Waals surface area (Å²) >= 11 is 0. The number of cyclic esters (lactones) is 1. The van der Waals surface area contributed by atoms with E-state index in [0.717, 1.165) is 5.56 Å². The van der Waals surface area contributed by atoms with Crippen molar-refractivity contribution in [2.24, 2.45) is 0 Å². The van der Waals surface area contributed by atoms with Crippen molar-refractivity contribution in [3.05, 3.63) is 35.9 Å². The maximum Gasteiger partial charge on any atom is 0.407 e. The molecule has 1 aromatic carbocycles. The Morgan fingerprint density at radius 3 is 2.59 bits per heavy atom. The molecule has 90 valence electrons. The zero-order chi connectivity index (χ0) is 12.3. The van der Waals surface area contributed by atoms with E-state index in [4.69, 9.17) is 4.74 Å². The van der Waals surface area contributed by atoms with E-state index in [9.17, 15) is 4.79 Å². The first-order chi connectivity index (χ1) is 8.15. The van der Waals surface area contributed by atoms with Crippen molar-refractivity contribution in [1.29, 1.82) is 0 Å². The Bertz CT molecular complexity index is 424. The third-order valence-electron chi connectivity index (χ3n) is 2.63. The number of hydrogen-bond donors (Lipinski definition) is 1. The van der Waals surface area contributed by atoms with E-state index >= 15 is 0 Å². The Morgan fingerprint density at radius 1 is 1.35 bits per heavy atom. The SMILES string of the molecule is CN(C)c1ccc(/C=C/C2COC(=O)N2)cc1. The third kappa shape index (κ3) is 3.00. The Labute approximate surface area is 101 Å². The van der Waals surface area contributed by atoms with Gasteiger partial charge in [-0.3, -0.25) is 0 Å². The number of carbonyl (C=O) groups excluding carboxylic acids is 1. The van der Waals surface area contributed by atoms with Crippen molar-refractivity contribution >= 4 is 17.9 Å². The van der Waals surface area contributed by atoms with E-state index < -0.39 is 0 Å². The molecule has 1 heterocycles. The fraction of sp³-hybridized carbons (Fsp3) is 0.308. The predicted octanol–water partition coefficient (Wildman–Crippen LogP) is 1.87. The number of hydrogen-bond acceptors (Lipinski definition) is 3. The lowest BCUT2D eigenvalue weighted by Gasteiger charge is -2.11. The Hall–Kier alpha value is -1.97. The number of nitrogens with zero attached hydrogens (tertiary/aromatic N) is 1. The van der Waals surface area contributed by atoms with Gasteiger partial charge in [0.05, 0.1) is 6.04 Å². The fourth-order valence-corrected chi connectivity index (χ4v) is 1.61. The molecule has 1 aliphatic rings. The van der Waals surface area contributed by atoms with Crippen LogP contribution in [0.4, 0.5) is 10.5 Å². The highest BCUT2D eigenvalue weighted by Gasteiger charge is 2.18. The summed E-state index contributed by atoms with van der Waals surface area (Å²) in [6, 6.07) is 8.19. The van der Waals surface area contributed by atoms with E-state index in [0.29, 0.717) is 6.61 Å². The van der Waals surface area contributed by atoms with Crippen LogP contribution in [-0.2, 0) is 4.74 Å². The van der Waals surface area contributed by atoms with Crippen molar-refractivity contribution in [3.63, 3.8) is 0 Å². The standard InChI is InChI=1S/C13H16N2O2/c1-15(2)12-7-4-10(5-8-12)3-6-11-9-17-13(16)14-11/h3-8,11H,9H2,1-2H3,(H,14,16)/b6-3+. The van der Waals surface area contributed by atoms with Gasteiger partial charge in [-0.15, -0.1) is 0 Å². The molecule has 17 heavy (non-hydrogen) atoms. The zero-order valence-electron chi connectivity index (χ0n) is 10.0. The second-order valence-electron chi connectivity index (χ2n) is 4.19. The van der Waals surface area contributed by atoms with Gasteiger partial charge in [0.2, 0.25) is 0 Å². The van der Waals surface area contributed by atoms with Crippen LogP contribution in [0.5, 0.6) is 0 Å². The summed E-state index contributed by atoms with van der Waals surface area (Å²) in [7, 11) is 4.02. The minimum absolute atomic E-state index is 0.0176. The van der Waals surface area contributed by atoms with Crippen LogP contribution in [0, 0.1) is 0 Å². The maximum atomic E-state index is 10.8. The summed E-state index contributed by atoms with van der Waals surface area (Å²) in [5, 5.41) is 2.70. The Balaban J connectivity index is 1.99. The predicted molar refractivity (Wildman–Crippen MR) is 68.1 cm³/mol. The van der Waals surface area contributed by atoms with Crippen molar-refractivity contribution in [1.82, 2.24) is 5.32 Å². The molecule has 0 radical (unpaired) electrons. The van der Waals surface area contributed by atoms with E-state index in [2.05, 4.69) is 22.3 Å². The molecule has 4 nitrogen and oxygen atoms in total. The van der Waals surface area contributed by atoms with Crippen LogP contribution < -0.4 is 10.2 Å². The lowest BCUT2D eigenvalue weighted by molar-refractivity contribution is 0.177. The van der Waals surface area contributed by atoms with Gasteiger partial charge in [-0.25, -0.2) is 4.79 Å². The van der Waals surface area contributed by atoms with Crippen LogP contribution in [0.2, 0.25) is 0 Å². The summed E-state index contributed by atoms with van der Waals surface area (Å²) < 4.78 is 4.80. The summed E-state index contributed by atoms with van der Waals surface area (Å²) in [6.07, 6.45) is 3.58. The summed E-state index contributed by atoms with van der Waals surface area (Å²) in [4.78, 5) is 12.9. The Kier molecular flexibility index (Phi) is 3.32. The monoisotopic (exact) mass is 232 g/mol. The second-order valence-corrected chi connectivity index (χ2v) is 4.19. The molecule has 0 aromatic heterocycles. The smallest absolute Gasteiger partial charge is 0.407 e. The van der Waals surface area contributed by atoms with Gasteiger partial charge in [-0.2, -0.15) is 0 Å². The van der Waals surface area contributed by atoms with E-state index in [1.807, 2.05) is 38.4 Å². The van der Waals surface area contributed by atoms with E-state index in [1.54, 1.807) is 0 Å². The number of carbonyl (C=O) groups is 1. The molecular formula is C13H16N2O2. The lowest BCUT2D eigenvalue weighted by atomic mass is 10.1.